The third-order valence-electron chi connectivity index (χ3n) is 3.09. The first-order valence-electron chi connectivity index (χ1n) is 6.19. The van der Waals surface area contributed by atoms with Crippen LogP contribution >= 0.6 is 11.8 Å². The molecule has 0 saturated heterocycles. The van der Waals surface area contributed by atoms with Crippen LogP contribution in [-0.4, -0.2) is 27.3 Å². The number of aromatic nitrogens is 2. The van der Waals surface area contributed by atoms with Gasteiger partial charge in [0.25, 0.3) is 5.56 Å². The minimum Gasteiger partial charge on any atom is -0.319 e. The number of thioether (sulfide) groups is 1. The van der Waals surface area contributed by atoms with Gasteiger partial charge in [-0.2, -0.15) is 11.8 Å². The number of carbonyl (C=O) groups is 1. The number of benzene rings is 1. The van der Waals surface area contributed by atoms with Crippen molar-refractivity contribution in [3.8, 4) is 5.69 Å². The zero-order valence-electron chi connectivity index (χ0n) is 11.7. The molecule has 1 heterocycles. The molecule has 106 valence electrons. The van der Waals surface area contributed by atoms with E-state index in [1.165, 1.54) is 11.8 Å². The molecule has 0 aliphatic heterocycles. The van der Waals surface area contributed by atoms with E-state index in [2.05, 4.69) is 5.32 Å². The van der Waals surface area contributed by atoms with Gasteiger partial charge in [0, 0.05) is 7.05 Å². The minimum atomic E-state index is -0.217. The Labute approximate surface area is 121 Å². The summed E-state index contributed by atoms with van der Waals surface area (Å²) in [6, 6.07) is 9.35. The fourth-order valence-corrected chi connectivity index (χ4v) is 2.35. The fourth-order valence-electron chi connectivity index (χ4n) is 2.02. The molecule has 0 unspecified atom stereocenters. The van der Waals surface area contributed by atoms with Gasteiger partial charge in [0.1, 0.15) is 5.69 Å². The van der Waals surface area contributed by atoms with Crippen LogP contribution in [0.3, 0.4) is 0 Å². The van der Waals surface area contributed by atoms with E-state index in [9.17, 15) is 9.59 Å². The number of amides is 1. The maximum Gasteiger partial charge on any atom is 0.295 e. The lowest BCUT2D eigenvalue weighted by molar-refractivity contribution is -0.113. The molecular weight excluding hydrogens is 274 g/mol. The lowest BCUT2D eigenvalue weighted by Gasteiger charge is -2.07. The van der Waals surface area contributed by atoms with Crippen molar-refractivity contribution < 1.29 is 4.79 Å². The van der Waals surface area contributed by atoms with Crippen molar-refractivity contribution in [2.24, 2.45) is 7.05 Å². The van der Waals surface area contributed by atoms with Crippen LogP contribution in [0.15, 0.2) is 35.1 Å². The third kappa shape index (κ3) is 2.65. The number of carbonyl (C=O) groups excluding carboxylic acids is 1. The molecule has 20 heavy (non-hydrogen) atoms. The van der Waals surface area contributed by atoms with Gasteiger partial charge in [-0.15, -0.1) is 0 Å². The van der Waals surface area contributed by atoms with Gasteiger partial charge in [-0.3, -0.25) is 14.3 Å². The first-order valence-corrected chi connectivity index (χ1v) is 7.58. The average Bonchev–Trinajstić information content (AvgIpc) is 2.64. The van der Waals surface area contributed by atoms with Crippen molar-refractivity contribution in [1.82, 2.24) is 9.36 Å². The highest BCUT2D eigenvalue weighted by atomic mass is 32.2. The Hall–Kier alpha value is -1.95. The normalized spacial score (nSPS) is 10.6. The minimum absolute atomic E-state index is 0.163. The highest BCUT2D eigenvalue weighted by Gasteiger charge is 2.17. The largest absolute Gasteiger partial charge is 0.319 e. The Bertz CT molecular complexity index is 674. The van der Waals surface area contributed by atoms with Gasteiger partial charge < -0.3 is 5.32 Å². The molecule has 5 nitrogen and oxygen atoms in total. The SMILES string of the molecule is CSCC(=O)Nc1c(C)n(C)n(-c2ccccc2)c1=O. The Balaban J connectivity index is 2.47. The molecule has 0 aliphatic rings. The highest BCUT2D eigenvalue weighted by molar-refractivity contribution is 7.99. The Morgan fingerprint density at radius 1 is 1.30 bits per heavy atom. The quantitative estimate of drug-likeness (QED) is 0.934. The van der Waals surface area contributed by atoms with E-state index < -0.39 is 0 Å². The molecular formula is C14H17N3O2S. The van der Waals surface area contributed by atoms with E-state index in [1.54, 1.807) is 16.4 Å². The topological polar surface area (TPSA) is 56.0 Å². The van der Waals surface area contributed by atoms with E-state index in [-0.39, 0.29) is 11.5 Å². The molecule has 0 fully saturated rings. The smallest absolute Gasteiger partial charge is 0.295 e. The molecule has 0 bridgehead atoms. The summed E-state index contributed by atoms with van der Waals surface area (Å²) in [5.41, 5.74) is 1.63. The van der Waals surface area contributed by atoms with Gasteiger partial charge >= 0.3 is 0 Å². The maximum absolute atomic E-state index is 12.5. The lowest BCUT2D eigenvalue weighted by Crippen LogP contribution is -2.23. The Kier molecular flexibility index (Phi) is 4.34. The molecule has 2 aromatic rings. The van der Waals surface area contributed by atoms with Gasteiger partial charge in [0.15, 0.2) is 0 Å². The van der Waals surface area contributed by atoms with E-state index in [4.69, 9.17) is 0 Å². The second kappa shape index (κ2) is 6.00. The number of nitrogens with one attached hydrogen (secondary N) is 1. The summed E-state index contributed by atoms with van der Waals surface area (Å²) in [5.74, 6) is 0.169. The van der Waals surface area contributed by atoms with Crippen LogP contribution in [0.25, 0.3) is 5.69 Å². The van der Waals surface area contributed by atoms with E-state index in [0.29, 0.717) is 11.4 Å². The molecule has 2 rings (SSSR count). The molecule has 1 aromatic carbocycles. The first kappa shape index (κ1) is 14.5. The molecule has 1 N–H and O–H groups in total. The van der Waals surface area contributed by atoms with Crippen LogP contribution in [-0.2, 0) is 11.8 Å². The lowest BCUT2D eigenvalue weighted by atomic mass is 10.3. The van der Waals surface area contributed by atoms with E-state index in [0.717, 1.165) is 11.4 Å². The number of nitrogens with zero attached hydrogens (tertiary/aromatic N) is 2. The van der Waals surface area contributed by atoms with Crippen LogP contribution < -0.4 is 10.9 Å². The van der Waals surface area contributed by atoms with Crippen LogP contribution in [0.5, 0.6) is 0 Å². The second-order valence-electron chi connectivity index (χ2n) is 4.42. The van der Waals surface area contributed by atoms with Crippen LogP contribution in [0, 0.1) is 6.92 Å². The van der Waals surface area contributed by atoms with Gasteiger partial charge in [-0.25, -0.2) is 4.68 Å². The molecule has 1 amide bonds. The molecule has 0 aliphatic carbocycles. The maximum atomic E-state index is 12.5. The predicted octanol–water partition coefficient (Wildman–Crippen LogP) is 1.79. The Morgan fingerprint density at radius 2 is 1.95 bits per heavy atom. The molecule has 1 aromatic heterocycles. The zero-order chi connectivity index (χ0) is 14.7. The molecule has 6 heteroatoms. The van der Waals surface area contributed by atoms with Crippen molar-refractivity contribution >= 4 is 23.4 Å². The van der Waals surface area contributed by atoms with Crippen molar-refractivity contribution in [3.63, 3.8) is 0 Å². The first-order chi connectivity index (χ1) is 9.56. The molecule has 0 saturated carbocycles. The molecule has 0 radical (unpaired) electrons. The summed E-state index contributed by atoms with van der Waals surface area (Å²) in [6.07, 6.45) is 1.85. The monoisotopic (exact) mass is 291 g/mol. The number of hydrogen-bond donors (Lipinski definition) is 1. The molecule has 0 spiro atoms. The van der Waals surface area contributed by atoms with E-state index >= 15 is 0 Å². The van der Waals surface area contributed by atoms with Gasteiger partial charge in [-0.05, 0) is 25.3 Å². The number of para-hydroxylation sites is 1. The summed E-state index contributed by atoms with van der Waals surface area (Å²) >= 11 is 1.42. The van der Waals surface area contributed by atoms with Crippen LogP contribution in [0.4, 0.5) is 5.69 Å². The van der Waals surface area contributed by atoms with Crippen molar-refractivity contribution in [1.29, 1.82) is 0 Å². The van der Waals surface area contributed by atoms with Gasteiger partial charge in [0.05, 0.1) is 17.1 Å². The standard InChI is InChI=1S/C14H17N3O2S/c1-10-13(15-12(18)9-20-3)14(19)17(16(10)2)11-7-5-4-6-8-11/h4-8H,9H2,1-3H3,(H,15,18). The highest BCUT2D eigenvalue weighted by Crippen LogP contribution is 2.14. The molecule has 0 atom stereocenters. The zero-order valence-corrected chi connectivity index (χ0v) is 12.5. The fraction of sp³-hybridized carbons (Fsp3) is 0.286. The predicted molar refractivity (Wildman–Crippen MR) is 82.8 cm³/mol. The number of hydrogen-bond acceptors (Lipinski definition) is 3. The van der Waals surface area contributed by atoms with E-state index in [1.807, 2.05) is 43.5 Å². The summed E-state index contributed by atoms with van der Waals surface area (Å²) in [6.45, 7) is 1.82. The van der Waals surface area contributed by atoms with Crippen molar-refractivity contribution in [2.75, 3.05) is 17.3 Å². The second-order valence-corrected chi connectivity index (χ2v) is 5.28. The summed E-state index contributed by atoms with van der Waals surface area (Å²) in [4.78, 5) is 24.2. The summed E-state index contributed by atoms with van der Waals surface area (Å²) < 4.78 is 3.29. The average molecular weight is 291 g/mol. The summed E-state index contributed by atoms with van der Waals surface area (Å²) in [5, 5.41) is 2.70. The number of anilines is 1. The van der Waals surface area contributed by atoms with Crippen molar-refractivity contribution in [2.45, 2.75) is 6.92 Å². The number of rotatable bonds is 4. The third-order valence-corrected chi connectivity index (χ3v) is 3.64. The van der Waals surface area contributed by atoms with Crippen molar-refractivity contribution in [3.05, 3.63) is 46.4 Å². The Morgan fingerprint density at radius 3 is 2.55 bits per heavy atom. The van der Waals surface area contributed by atoms with Crippen LogP contribution in [0.1, 0.15) is 5.69 Å². The van der Waals surface area contributed by atoms with Gasteiger partial charge in [-0.1, -0.05) is 18.2 Å². The summed E-state index contributed by atoms with van der Waals surface area (Å²) in [7, 11) is 1.80. The van der Waals surface area contributed by atoms with Crippen LogP contribution in [0.2, 0.25) is 0 Å². The van der Waals surface area contributed by atoms with Gasteiger partial charge in [0.2, 0.25) is 5.91 Å².